The number of unbranched alkanes of at least 4 members (excludes halogenated alkanes) is 1. The van der Waals surface area contributed by atoms with Gasteiger partial charge in [-0.05, 0) is 44.4 Å². The van der Waals surface area contributed by atoms with E-state index in [0.717, 1.165) is 31.7 Å². The van der Waals surface area contributed by atoms with Crippen molar-refractivity contribution in [2.24, 2.45) is 17.8 Å². The van der Waals surface area contributed by atoms with Crippen LogP contribution in [0.25, 0.3) is 0 Å². The molecule has 0 spiro atoms. The summed E-state index contributed by atoms with van der Waals surface area (Å²) >= 11 is 0. The van der Waals surface area contributed by atoms with Crippen LogP contribution in [0.3, 0.4) is 0 Å². The molecule has 1 saturated carbocycles. The number of amides is 1. The Kier molecular flexibility index (Phi) is 6.07. The van der Waals surface area contributed by atoms with E-state index in [2.05, 4.69) is 6.92 Å². The van der Waals surface area contributed by atoms with Crippen LogP contribution in [0.5, 0.6) is 0 Å². The third kappa shape index (κ3) is 4.45. The van der Waals surface area contributed by atoms with Crippen molar-refractivity contribution in [2.75, 3.05) is 13.1 Å². The molecule has 1 aliphatic heterocycles. The van der Waals surface area contributed by atoms with Crippen molar-refractivity contribution in [2.45, 2.75) is 64.7 Å². The molecule has 0 bridgehead atoms. The highest BCUT2D eigenvalue weighted by molar-refractivity contribution is 5.80. The molecule has 4 nitrogen and oxygen atoms in total. The second kappa shape index (κ2) is 7.81. The first-order chi connectivity index (χ1) is 10.1. The van der Waals surface area contributed by atoms with Gasteiger partial charge in [0.2, 0.25) is 5.91 Å². The average Bonchev–Trinajstić information content (AvgIpc) is 2.53. The van der Waals surface area contributed by atoms with E-state index in [1.165, 1.54) is 32.1 Å². The van der Waals surface area contributed by atoms with Crippen molar-refractivity contribution in [1.29, 1.82) is 0 Å². The second-order valence-corrected chi connectivity index (χ2v) is 6.82. The first-order valence-electron chi connectivity index (χ1n) is 8.63. The normalized spacial score (nSPS) is 30.1. The van der Waals surface area contributed by atoms with Crippen LogP contribution >= 0.6 is 0 Å². The number of rotatable bonds is 5. The molecular weight excluding hydrogens is 266 g/mol. The quantitative estimate of drug-likeness (QED) is 0.846. The van der Waals surface area contributed by atoms with Crippen molar-refractivity contribution in [3.8, 4) is 0 Å². The van der Waals surface area contributed by atoms with Gasteiger partial charge in [0, 0.05) is 19.0 Å². The lowest BCUT2D eigenvalue weighted by atomic mass is 9.79. The van der Waals surface area contributed by atoms with E-state index in [4.69, 9.17) is 5.11 Å². The van der Waals surface area contributed by atoms with Gasteiger partial charge in [0.05, 0.1) is 5.92 Å². The fourth-order valence-corrected chi connectivity index (χ4v) is 3.83. The Morgan fingerprint density at radius 2 is 1.81 bits per heavy atom. The lowest BCUT2D eigenvalue weighted by Crippen LogP contribution is -2.45. The molecule has 1 saturated heterocycles. The van der Waals surface area contributed by atoms with E-state index < -0.39 is 5.97 Å². The van der Waals surface area contributed by atoms with Crippen LogP contribution in [-0.4, -0.2) is 35.0 Å². The van der Waals surface area contributed by atoms with Gasteiger partial charge in [0.1, 0.15) is 0 Å². The van der Waals surface area contributed by atoms with Gasteiger partial charge < -0.3 is 10.0 Å². The van der Waals surface area contributed by atoms with E-state index in [1.807, 2.05) is 4.90 Å². The average molecular weight is 295 g/mol. The fourth-order valence-electron chi connectivity index (χ4n) is 3.83. The Balaban J connectivity index is 1.80. The van der Waals surface area contributed by atoms with Crippen molar-refractivity contribution >= 4 is 11.9 Å². The maximum atomic E-state index is 12.6. The van der Waals surface area contributed by atoms with Gasteiger partial charge >= 0.3 is 5.97 Å². The molecule has 1 N–H and O–H groups in total. The monoisotopic (exact) mass is 295 g/mol. The van der Waals surface area contributed by atoms with E-state index >= 15 is 0 Å². The molecule has 2 aliphatic rings. The Labute approximate surface area is 127 Å². The number of carboxylic acid groups (broad SMARTS) is 1. The topological polar surface area (TPSA) is 57.6 Å². The van der Waals surface area contributed by atoms with Crippen molar-refractivity contribution in [3.63, 3.8) is 0 Å². The fraction of sp³-hybridized carbons (Fsp3) is 0.882. The first kappa shape index (κ1) is 16.3. The largest absolute Gasteiger partial charge is 0.481 e. The molecule has 2 fully saturated rings. The van der Waals surface area contributed by atoms with Crippen LogP contribution in [0.4, 0.5) is 0 Å². The molecule has 0 unspecified atom stereocenters. The highest BCUT2D eigenvalue weighted by atomic mass is 16.4. The first-order valence-corrected chi connectivity index (χ1v) is 8.63. The van der Waals surface area contributed by atoms with Gasteiger partial charge in [-0.25, -0.2) is 0 Å². The van der Waals surface area contributed by atoms with Crippen molar-refractivity contribution in [3.05, 3.63) is 0 Å². The third-order valence-electron chi connectivity index (χ3n) is 5.24. The molecule has 4 heteroatoms. The zero-order valence-corrected chi connectivity index (χ0v) is 13.2. The molecule has 21 heavy (non-hydrogen) atoms. The molecule has 120 valence electrons. The zero-order valence-electron chi connectivity index (χ0n) is 13.2. The highest BCUT2D eigenvalue weighted by Crippen LogP contribution is 2.33. The number of carbonyl (C=O) groups excluding carboxylic acids is 1. The summed E-state index contributed by atoms with van der Waals surface area (Å²) in [5, 5.41) is 9.13. The Bertz CT molecular complexity index is 361. The van der Waals surface area contributed by atoms with Crippen LogP contribution in [-0.2, 0) is 9.59 Å². The lowest BCUT2D eigenvalue weighted by molar-refractivity contribution is -0.147. The number of hydrogen-bond acceptors (Lipinski definition) is 2. The van der Waals surface area contributed by atoms with Gasteiger partial charge in [-0.1, -0.05) is 26.2 Å². The molecule has 0 radical (unpaired) electrons. The molecule has 1 atom stereocenters. The minimum absolute atomic E-state index is 0.149. The van der Waals surface area contributed by atoms with Gasteiger partial charge in [-0.15, -0.1) is 0 Å². The summed E-state index contributed by atoms with van der Waals surface area (Å²) in [4.78, 5) is 25.5. The summed E-state index contributed by atoms with van der Waals surface area (Å²) in [5.74, 6) is 0.0619. The molecule has 1 aliphatic carbocycles. The van der Waals surface area contributed by atoms with Crippen LogP contribution in [0.2, 0.25) is 0 Å². The van der Waals surface area contributed by atoms with Gasteiger partial charge in [0.25, 0.3) is 0 Å². The number of piperidine rings is 1. The number of hydrogen-bond donors (Lipinski definition) is 1. The Hall–Kier alpha value is -1.06. The number of nitrogens with zero attached hydrogens (tertiary/aromatic N) is 1. The van der Waals surface area contributed by atoms with Crippen LogP contribution in [0.15, 0.2) is 0 Å². The van der Waals surface area contributed by atoms with Gasteiger partial charge in [-0.3, -0.25) is 9.59 Å². The van der Waals surface area contributed by atoms with E-state index in [-0.39, 0.29) is 17.7 Å². The zero-order chi connectivity index (χ0) is 15.2. The molecule has 0 aromatic heterocycles. The molecular formula is C17H29NO3. The number of aliphatic carboxylic acids is 1. The van der Waals surface area contributed by atoms with E-state index in [0.29, 0.717) is 13.0 Å². The molecule has 0 aromatic carbocycles. The summed E-state index contributed by atoms with van der Waals surface area (Å²) in [6, 6.07) is 0. The smallest absolute Gasteiger partial charge is 0.308 e. The molecule has 1 amide bonds. The standard InChI is InChI=1S/C17H29NO3/c1-2-3-5-13-7-9-14(10-8-13)16(19)18-11-4-6-15(12-18)17(20)21/h13-15H,2-12H2,1H3,(H,20,21)/t13?,14?,15-/m0/s1. The van der Waals surface area contributed by atoms with Gasteiger partial charge in [0.15, 0.2) is 0 Å². The maximum absolute atomic E-state index is 12.6. The minimum Gasteiger partial charge on any atom is -0.481 e. The third-order valence-corrected chi connectivity index (χ3v) is 5.24. The molecule has 0 aromatic rings. The van der Waals surface area contributed by atoms with Crippen LogP contribution in [0, 0.1) is 17.8 Å². The molecule has 1 heterocycles. The van der Waals surface area contributed by atoms with Crippen molar-refractivity contribution in [1.82, 2.24) is 4.90 Å². The summed E-state index contributed by atoms with van der Waals surface area (Å²) in [6.45, 7) is 3.40. The Morgan fingerprint density at radius 3 is 2.43 bits per heavy atom. The summed E-state index contributed by atoms with van der Waals surface area (Å²) in [7, 11) is 0. The van der Waals surface area contributed by atoms with E-state index in [1.54, 1.807) is 0 Å². The Morgan fingerprint density at radius 1 is 1.10 bits per heavy atom. The number of likely N-dealkylation sites (tertiary alicyclic amines) is 1. The molecule has 2 rings (SSSR count). The van der Waals surface area contributed by atoms with Gasteiger partial charge in [-0.2, -0.15) is 0 Å². The minimum atomic E-state index is -0.754. The lowest BCUT2D eigenvalue weighted by Gasteiger charge is -2.35. The van der Waals surface area contributed by atoms with Crippen LogP contribution in [0.1, 0.15) is 64.7 Å². The summed E-state index contributed by atoms with van der Waals surface area (Å²) in [5.41, 5.74) is 0. The SMILES string of the molecule is CCCCC1CCC(C(=O)N2CCC[C@H](C(=O)O)C2)CC1. The van der Waals surface area contributed by atoms with Crippen molar-refractivity contribution < 1.29 is 14.7 Å². The predicted molar refractivity (Wildman–Crippen MR) is 81.9 cm³/mol. The summed E-state index contributed by atoms with van der Waals surface area (Å²) in [6.07, 6.45) is 9.75. The maximum Gasteiger partial charge on any atom is 0.308 e. The highest BCUT2D eigenvalue weighted by Gasteiger charge is 2.33. The number of carbonyl (C=O) groups is 2. The predicted octanol–water partition coefficient (Wildman–Crippen LogP) is 3.31. The second-order valence-electron chi connectivity index (χ2n) is 6.82. The van der Waals surface area contributed by atoms with E-state index in [9.17, 15) is 9.59 Å². The summed E-state index contributed by atoms with van der Waals surface area (Å²) < 4.78 is 0. The van der Waals surface area contributed by atoms with Crippen LogP contribution < -0.4 is 0 Å². The number of carboxylic acids is 1.